The van der Waals surface area contributed by atoms with Crippen molar-refractivity contribution in [2.75, 3.05) is 40.0 Å². The minimum absolute atomic E-state index is 0.257. The Bertz CT molecular complexity index is 391. The number of nitrogens with one attached hydrogen (secondary N) is 1. The quantitative estimate of drug-likeness (QED) is 0.773. The molecular formula is C15H23BrN2O2. The molecule has 0 aliphatic carbocycles. The summed E-state index contributed by atoms with van der Waals surface area (Å²) >= 11 is 3.43. The first-order valence-corrected chi connectivity index (χ1v) is 7.91. The molecule has 0 spiro atoms. The van der Waals surface area contributed by atoms with E-state index < -0.39 is 0 Å². The van der Waals surface area contributed by atoms with E-state index in [0.29, 0.717) is 0 Å². The van der Waals surface area contributed by atoms with Crippen LogP contribution in [0.1, 0.15) is 18.5 Å². The van der Waals surface area contributed by atoms with Gasteiger partial charge in [0.25, 0.3) is 0 Å². The highest BCUT2D eigenvalue weighted by molar-refractivity contribution is 9.10. The third-order valence-corrected chi connectivity index (χ3v) is 4.35. The maximum atomic E-state index is 5.53. The minimum atomic E-state index is 0.257. The second-order valence-corrected chi connectivity index (χ2v) is 6.34. The van der Waals surface area contributed by atoms with Crippen LogP contribution in [0.15, 0.2) is 22.8 Å². The molecule has 0 bridgehead atoms. The van der Waals surface area contributed by atoms with E-state index in [0.717, 1.165) is 62.3 Å². The van der Waals surface area contributed by atoms with Crippen LogP contribution in [-0.4, -0.2) is 45.0 Å². The molecule has 0 radical (unpaired) electrons. The molecule has 0 atom stereocenters. The summed E-state index contributed by atoms with van der Waals surface area (Å²) in [5.74, 6) is 0. The first-order valence-electron chi connectivity index (χ1n) is 7.12. The number of hydrogen-bond acceptors (Lipinski definition) is 4. The molecule has 2 rings (SSSR count). The van der Waals surface area contributed by atoms with E-state index in [1.165, 1.54) is 0 Å². The van der Waals surface area contributed by atoms with Gasteiger partial charge in [-0.1, -0.05) is 0 Å². The van der Waals surface area contributed by atoms with E-state index >= 15 is 0 Å². The highest BCUT2D eigenvalue weighted by Gasteiger charge is 2.32. The van der Waals surface area contributed by atoms with Crippen molar-refractivity contribution in [1.82, 2.24) is 10.3 Å². The predicted molar refractivity (Wildman–Crippen MR) is 82.9 cm³/mol. The molecule has 0 amide bonds. The number of nitrogens with zero attached hydrogens (tertiary/aromatic N) is 1. The third-order valence-electron chi connectivity index (χ3n) is 3.88. The second kappa shape index (κ2) is 8.08. The minimum Gasteiger partial charge on any atom is -0.383 e. The molecule has 2 heterocycles. The molecule has 20 heavy (non-hydrogen) atoms. The van der Waals surface area contributed by atoms with Crippen molar-refractivity contribution in [3.05, 3.63) is 28.5 Å². The molecule has 1 aromatic rings. The van der Waals surface area contributed by atoms with Gasteiger partial charge in [0, 0.05) is 49.8 Å². The molecule has 1 aliphatic heterocycles. The second-order valence-electron chi connectivity index (χ2n) is 5.43. The summed E-state index contributed by atoms with van der Waals surface area (Å²) in [4.78, 5) is 4.52. The highest BCUT2D eigenvalue weighted by atomic mass is 79.9. The molecule has 5 heteroatoms. The summed E-state index contributed by atoms with van der Waals surface area (Å²) in [5, 5.41) is 3.51. The van der Waals surface area contributed by atoms with Crippen molar-refractivity contribution < 1.29 is 9.47 Å². The molecule has 0 saturated carbocycles. The van der Waals surface area contributed by atoms with Crippen LogP contribution >= 0.6 is 15.9 Å². The van der Waals surface area contributed by atoms with Crippen molar-refractivity contribution in [2.45, 2.75) is 19.3 Å². The summed E-state index contributed by atoms with van der Waals surface area (Å²) in [6, 6.07) is 4.17. The monoisotopic (exact) mass is 342 g/mol. The van der Waals surface area contributed by atoms with Gasteiger partial charge in [-0.05, 0) is 52.7 Å². The van der Waals surface area contributed by atoms with Crippen LogP contribution in [0.4, 0.5) is 0 Å². The zero-order valence-corrected chi connectivity index (χ0v) is 13.6. The topological polar surface area (TPSA) is 43.4 Å². The maximum Gasteiger partial charge on any atom is 0.0587 e. The van der Waals surface area contributed by atoms with Crippen molar-refractivity contribution in [1.29, 1.82) is 0 Å². The van der Waals surface area contributed by atoms with E-state index in [1.807, 2.05) is 6.20 Å². The van der Waals surface area contributed by atoms with Crippen molar-refractivity contribution in [3.8, 4) is 0 Å². The fourth-order valence-corrected chi connectivity index (χ4v) is 2.88. The Morgan fingerprint density at radius 3 is 2.85 bits per heavy atom. The van der Waals surface area contributed by atoms with E-state index in [9.17, 15) is 0 Å². The fraction of sp³-hybridized carbons (Fsp3) is 0.667. The van der Waals surface area contributed by atoms with Crippen molar-refractivity contribution >= 4 is 15.9 Å². The van der Waals surface area contributed by atoms with Gasteiger partial charge in [0.05, 0.1) is 6.61 Å². The number of aromatic nitrogens is 1. The summed E-state index contributed by atoms with van der Waals surface area (Å²) < 4.78 is 11.6. The summed E-state index contributed by atoms with van der Waals surface area (Å²) in [6.45, 7) is 4.35. The van der Waals surface area contributed by atoms with Crippen LogP contribution in [0.25, 0.3) is 0 Å². The molecule has 1 fully saturated rings. The molecule has 112 valence electrons. The molecule has 0 aromatic carbocycles. The van der Waals surface area contributed by atoms with Gasteiger partial charge in [-0.15, -0.1) is 0 Å². The molecule has 1 aromatic heterocycles. The van der Waals surface area contributed by atoms with E-state index in [2.05, 4.69) is 38.4 Å². The SMILES string of the molecule is COCCNCC1(Cc2ccc(Br)cn2)CCOCC1. The van der Waals surface area contributed by atoms with Gasteiger partial charge in [0.1, 0.15) is 0 Å². The van der Waals surface area contributed by atoms with Crippen LogP contribution in [0.3, 0.4) is 0 Å². The number of methoxy groups -OCH3 is 1. The number of hydrogen-bond donors (Lipinski definition) is 1. The normalized spacial score (nSPS) is 18.1. The first kappa shape index (κ1) is 15.9. The van der Waals surface area contributed by atoms with Crippen LogP contribution in [-0.2, 0) is 15.9 Å². The van der Waals surface area contributed by atoms with E-state index in [-0.39, 0.29) is 5.41 Å². The number of ether oxygens (including phenoxy) is 2. The van der Waals surface area contributed by atoms with Crippen LogP contribution < -0.4 is 5.32 Å². The van der Waals surface area contributed by atoms with Gasteiger partial charge in [0.15, 0.2) is 0 Å². The zero-order valence-electron chi connectivity index (χ0n) is 12.0. The molecule has 0 unspecified atom stereocenters. The Labute approximate surface area is 129 Å². The van der Waals surface area contributed by atoms with Crippen LogP contribution in [0, 0.1) is 5.41 Å². The van der Waals surface area contributed by atoms with Gasteiger partial charge < -0.3 is 14.8 Å². The average molecular weight is 343 g/mol. The lowest BCUT2D eigenvalue weighted by Crippen LogP contribution is -2.41. The summed E-state index contributed by atoms with van der Waals surface area (Å²) in [5.41, 5.74) is 1.41. The van der Waals surface area contributed by atoms with Gasteiger partial charge in [-0.25, -0.2) is 0 Å². The maximum absolute atomic E-state index is 5.53. The first-order chi connectivity index (χ1) is 9.74. The van der Waals surface area contributed by atoms with Gasteiger partial charge in [0.2, 0.25) is 0 Å². The van der Waals surface area contributed by atoms with Crippen LogP contribution in [0.5, 0.6) is 0 Å². The molecular weight excluding hydrogens is 320 g/mol. The zero-order chi connectivity index (χ0) is 14.3. The lowest BCUT2D eigenvalue weighted by molar-refractivity contribution is 0.0139. The Balaban J connectivity index is 1.96. The smallest absolute Gasteiger partial charge is 0.0587 e. The third kappa shape index (κ3) is 4.81. The number of pyridine rings is 1. The Morgan fingerprint density at radius 2 is 2.20 bits per heavy atom. The number of halogens is 1. The van der Waals surface area contributed by atoms with E-state index in [1.54, 1.807) is 7.11 Å². The Hall–Kier alpha value is -0.490. The fourth-order valence-electron chi connectivity index (χ4n) is 2.64. The molecule has 1 N–H and O–H groups in total. The van der Waals surface area contributed by atoms with Crippen LogP contribution in [0.2, 0.25) is 0 Å². The average Bonchev–Trinajstić information content (AvgIpc) is 2.47. The summed E-state index contributed by atoms with van der Waals surface area (Å²) in [6.07, 6.45) is 5.06. The van der Waals surface area contributed by atoms with E-state index in [4.69, 9.17) is 9.47 Å². The lowest BCUT2D eigenvalue weighted by Gasteiger charge is -2.37. The van der Waals surface area contributed by atoms with Crippen molar-refractivity contribution in [3.63, 3.8) is 0 Å². The lowest BCUT2D eigenvalue weighted by atomic mass is 9.76. The molecule has 1 saturated heterocycles. The molecule has 1 aliphatic rings. The van der Waals surface area contributed by atoms with Gasteiger partial charge in [-0.2, -0.15) is 0 Å². The number of rotatable bonds is 7. The highest BCUT2D eigenvalue weighted by Crippen LogP contribution is 2.33. The standard InChI is InChI=1S/C15H23BrN2O2/c1-19-9-6-17-12-15(4-7-20-8-5-15)10-14-3-2-13(16)11-18-14/h2-3,11,17H,4-10,12H2,1H3. The Morgan fingerprint density at radius 1 is 1.40 bits per heavy atom. The summed E-state index contributed by atoms with van der Waals surface area (Å²) in [7, 11) is 1.73. The Kier molecular flexibility index (Phi) is 6.42. The molecule has 4 nitrogen and oxygen atoms in total. The van der Waals surface area contributed by atoms with Gasteiger partial charge >= 0.3 is 0 Å². The van der Waals surface area contributed by atoms with Gasteiger partial charge in [-0.3, -0.25) is 4.98 Å². The predicted octanol–water partition coefficient (Wildman–Crippen LogP) is 2.42. The largest absolute Gasteiger partial charge is 0.383 e. The van der Waals surface area contributed by atoms with Crippen molar-refractivity contribution in [2.24, 2.45) is 5.41 Å².